The van der Waals surface area contributed by atoms with Gasteiger partial charge in [0.1, 0.15) is 11.5 Å². The molecule has 0 aromatic heterocycles. The molecule has 4 nitrogen and oxygen atoms in total. The molecule has 0 heterocycles. The topological polar surface area (TPSA) is 58.6 Å². The molecule has 4 heteroatoms. The zero-order valence-corrected chi connectivity index (χ0v) is 12.7. The van der Waals surface area contributed by atoms with E-state index in [4.69, 9.17) is 4.74 Å². The third-order valence-corrected chi connectivity index (χ3v) is 3.72. The van der Waals surface area contributed by atoms with E-state index in [-0.39, 0.29) is 17.2 Å². The first-order valence-electron chi connectivity index (χ1n) is 7.30. The Kier molecular flexibility index (Phi) is 4.15. The first kappa shape index (κ1) is 14.9. The van der Waals surface area contributed by atoms with E-state index in [2.05, 4.69) is 5.32 Å². The third kappa shape index (κ3) is 3.26. The van der Waals surface area contributed by atoms with E-state index in [0.717, 1.165) is 22.1 Å². The molecule has 0 bridgehead atoms. The van der Waals surface area contributed by atoms with Gasteiger partial charge in [0.15, 0.2) is 0 Å². The fourth-order valence-electron chi connectivity index (χ4n) is 2.43. The molecule has 116 valence electrons. The maximum Gasteiger partial charge on any atom is 0.255 e. The summed E-state index contributed by atoms with van der Waals surface area (Å²) in [5.74, 6) is 0.451. The van der Waals surface area contributed by atoms with Crippen LogP contribution in [0.1, 0.15) is 15.9 Å². The lowest BCUT2D eigenvalue weighted by Crippen LogP contribution is -2.22. The van der Waals surface area contributed by atoms with Crippen molar-refractivity contribution < 1.29 is 14.6 Å². The van der Waals surface area contributed by atoms with Crippen LogP contribution in [0.5, 0.6) is 11.5 Å². The maximum atomic E-state index is 12.3. The molecular formula is C19H17NO3. The average molecular weight is 307 g/mol. The van der Waals surface area contributed by atoms with Crippen molar-refractivity contribution in [2.24, 2.45) is 0 Å². The smallest absolute Gasteiger partial charge is 0.255 e. The van der Waals surface area contributed by atoms with Gasteiger partial charge in [-0.25, -0.2) is 0 Å². The van der Waals surface area contributed by atoms with Crippen LogP contribution in [0, 0.1) is 0 Å². The zero-order chi connectivity index (χ0) is 16.2. The number of ether oxygens (including phenoxy) is 1. The van der Waals surface area contributed by atoms with Gasteiger partial charge in [-0.1, -0.05) is 36.4 Å². The second kappa shape index (κ2) is 6.40. The SMILES string of the molecule is COc1ccc(CNC(=O)c2cc3ccccc3cc2O)cc1. The summed E-state index contributed by atoms with van der Waals surface area (Å²) in [6, 6.07) is 18.4. The Labute approximate surface area is 134 Å². The number of fused-ring (bicyclic) bond motifs is 1. The van der Waals surface area contributed by atoms with Crippen molar-refractivity contribution in [1.82, 2.24) is 5.32 Å². The van der Waals surface area contributed by atoms with Gasteiger partial charge >= 0.3 is 0 Å². The maximum absolute atomic E-state index is 12.3. The number of amides is 1. The van der Waals surface area contributed by atoms with Crippen LogP contribution in [-0.4, -0.2) is 18.1 Å². The predicted molar refractivity (Wildman–Crippen MR) is 89.8 cm³/mol. The molecule has 0 spiro atoms. The summed E-state index contributed by atoms with van der Waals surface area (Å²) in [6.45, 7) is 0.384. The molecule has 1 amide bonds. The van der Waals surface area contributed by atoms with Crippen LogP contribution in [0.15, 0.2) is 60.7 Å². The number of methoxy groups -OCH3 is 1. The summed E-state index contributed by atoms with van der Waals surface area (Å²) in [5.41, 5.74) is 1.23. The van der Waals surface area contributed by atoms with Gasteiger partial charge in [0.25, 0.3) is 5.91 Å². The molecule has 0 fully saturated rings. The molecule has 0 aliphatic carbocycles. The molecule has 0 saturated heterocycles. The van der Waals surface area contributed by atoms with E-state index in [1.165, 1.54) is 0 Å². The molecule has 0 aliphatic heterocycles. The van der Waals surface area contributed by atoms with Gasteiger partial charge in [-0.3, -0.25) is 4.79 Å². The molecule has 3 aromatic rings. The Bertz CT molecular complexity index is 841. The van der Waals surface area contributed by atoms with Crippen LogP contribution in [0.2, 0.25) is 0 Å². The average Bonchev–Trinajstić information content (AvgIpc) is 2.59. The largest absolute Gasteiger partial charge is 0.507 e. The van der Waals surface area contributed by atoms with Crippen LogP contribution in [0.3, 0.4) is 0 Å². The van der Waals surface area contributed by atoms with Crippen LogP contribution in [-0.2, 0) is 6.54 Å². The molecule has 2 N–H and O–H groups in total. The second-order valence-corrected chi connectivity index (χ2v) is 5.25. The van der Waals surface area contributed by atoms with Gasteiger partial charge in [-0.2, -0.15) is 0 Å². The Hall–Kier alpha value is -3.01. The van der Waals surface area contributed by atoms with Crippen molar-refractivity contribution in [2.45, 2.75) is 6.54 Å². The van der Waals surface area contributed by atoms with Gasteiger partial charge < -0.3 is 15.2 Å². The molecule has 0 aliphatic rings. The number of aromatic hydroxyl groups is 1. The van der Waals surface area contributed by atoms with Gasteiger partial charge in [0.2, 0.25) is 0 Å². The first-order valence-corrected chi connectivity index (χ1v) is 7.30. The highest BCUT2D eigenvalue weighted by Gasteiger charge is 2.12. The number of carbonyl (C=O) groups is 1. The quantitative estimate of drug-likeness (QED) is 0.776. The molecule has 3 aromatic carbocycles. The highest BCUT2D eigenvalue weighted by molar-refractivity contribution is 6.01. The fraction of sp³-hybridized carbons (Fsp3) is 0.105. The number of phenols is 1. The van der Waals surface area contributed by atoms with Crippen molar-refractivity contribution in [1.29, 1.82) is 0 Å². The van der Waals surface area contributed by atoms with Crippen LogP contribution < -0.4 is 10.1 Å². The zero-order valence-electron chi connectivity index (χ0n) is 12.7. The van der Waals surface area contributed by atoms with E-state index in [0.29, 0.717) is 6.54 Å². The lowest BCUT2D eigenvalue weighted by Gasteiger charge is -2.09. The van der Waals surface area contributed by atoms with E-state index in [1.807, 2.05) is 48.5 Å². The summed E-state index contributed by atoms with van der Waals surface area (Å²) >= 11 is 0. The Morgan fingerprint density at radius 2 is 1.70 bits per heavy atom. The Morgan fingerprint density at radius 1 is 1.04 bits per heavy atom. The molecular weight excluding hydrogens is 290 g/mol. The summed E-state index contributed by atoms with van der Waals surface area (Å²) in [5, 5.41) is 14.7. The summed E-state index contributed by atoms with van der Waals surface area (Å²) < 4.78 is 5.10. The van der Waals surface area contributed by atoms with E-state index < -0.39 is 0 Å². The third-order valence-electron chi connectivity index (χ3n) is 3.72. The number of carbonyl (C=O) groups excluding carboxylic acids is 1. The van der Waals surface area contributed by atoms with E-state index in [9.17, 15) is 9.90 Å². The van der Waals surface area contributed by atoms with E-state index >= 15 is 0 Å². The number of hydrogen-bond donors (Lipinski definition) is 2. The minimum absolute atomic E-state index is 0.0177. The minimum Gasteiger partial charge on any atom is -0.507 e. The van der Waals surface area contributed by atoms with Crippen LogP contribution >= 0.6 is 0 Å². The molecule has 0 saturated carbocycles. The molecule has 0 radical (unpaired) electrons. The predicted octanol–water partition coefficient (Wildman–Crippen LogP) is 3.48. The Morgan fingerprint density at radius 3 is 2.35 bits per heavy atom. The van der Waals surface area contributed by atoms with Gasteiger partial charge in [0.05, 0.1) is 12.7 Å². The van der Waals surface area contributed by atoms with Crippen molar-refractivity contribution in [3.8, 4) is 11.5 Å². The number of hydrogen-bond acceptors (Lipinski definition) is 3. The number of phenolic OH excluding ortho intramolecular Hbond substituents is 1. The van der Waals surface area contributed by atoms with Crippen molar-refractivity contribution >= 4 is 16.7 Å². The first-order chi connectivity index (χ1) is 11.2. The number of nitrogens with one attached hydrogen (secondary N) is 1. The Balaban J connectivity index is 1.76. The van der Waals surface area contributed by atoms with Crippen LogP contribution in [0.4, 0.5) is 0 Å². The lowest BCUT2D eigenvalue weighted by molar-refractivity contribution is 0.0948. The van der Waals surface area contributed by atoms with Crippen LogP contribution in [0.25, 0.3) is 10.8 Å². The van der Waals surface area contributed by atoms with E-state index in [1.54, 1.807) is 19.2 Å². The fourth-order valence-corrected chi connectivity index (χ4v) is 2.43. The normalized spacial score (nSPS) is 10.5. The number of rotatable bonds is 4. The van der Waals surface area contributed by atoms with Crippen molar-refractivity contribution in [3.05, 3.63) is 71.8 Å². The minimum atomic E-state index is -0.302. The summed E-state index contributed by atoms with van der Waals surface area (Å²) in [6.07, 6.45) is 0. The summed E-state index contributed by atoms with van der Waals surface area (Å²) in [7, 11) is 1.61. The second-order valence-electron chi connectivity index (χ2n) is 5.25. The molecule has 0 atom stereocenters. The van der Waals surface area contributed by atoms with Crippen molar-refractivity contribution in [3.63, 3.8) is 0 Å². The number of benzene rings is 3. The van der Waals surface area contributed by atoms with Gasteiger partial charge in [0, 0.05) is 6.54 Å². The highest BCUT2D eigenvalue weighted by Crippen LogP contribution is 2.25. The van der Waals surface area contributed by atoms with Gasteiger partial charge in [-0.05, 0) is 40.6 Å². The van der Waals surface area contributed by atoms with Gasteiger partial charge in [-0.15, -0.1) is 0 Å². The highest BCUT2D eigenvalue weighted by atomic mass is 16.5. The van der Waals surface area contributed by atoms with Crippen molar-refractivity contribution in [2.75, 3.05) is 7.11 Å². The molecule has 23 heavy (non-hydrogen) atoms. The standard InChI is InChI=1S/C19H17NO3/c1-23-16-8-6-13(7-9-16)12-20-19(22)17-10-14-4-2-3-5-15(14)11-18(17)21/h2-11,21H,12H2,1H3,(H,20,22). The lowest BCUT2D eigenvalue weighted by atomic mass is 10.1. The molecule has 3 rings (SSSR count). The summed E-state index contributed by atoms with van der Waals surface area (Å²) in [4.78, 5) is 12.3. The molecule has 0 unspecified atom stereocenters. The monoisotopic (exact) mass is 307 g/mol.